The van der Waals surface area contributed by atoms with Gasteiger partial charge in [-0.3, -0.25) is 0 Å². The molecular formula is C10H12BrF3N2. The minimum atomic E-state index is -4.33. The second kappa shape index (κ2) is 5.05. The van der Waals surface area contributed by atoms with E-state index >= 15 is 0 Å². The Balaban J connectivity index is 3.00. The molecule has 2 nitrogen and oxygen atoms in total. The highest BCUT2D eigenvalue weighted by Crippen LogP contribution is 2.34. The van der Waals surface area contributed by atoms with Crippen LogP contribution in [0.15, 0.2) is 22.7 Å². The zero-order chi connectivity index (χ0) is 12.3. The Morgan fingerprint density at radius 2 is 2.06 bits per heavy atom. The van der Waals surface area contributed by atoms with E-state index < -0.39 is 11.7 Å². The van der Waals surface area contributed by atoms with E-state index in [0.717, 1.165) is 12.1 Å². The van der Waals surface area contributed by atoms with Crippen molar-refractivity contribution < 1.29 is 13.2 Å². The molecule has 0 amide bonds. The standard InChI is InChI=1S/C10H12BrF3N2/c1-6(5-15)16-9-4-7(10(12,13)14)2-3-8(9)11/h2-4,6,16H,5,15H2,1H3. The zero-order valence-electron chi connectivity index (χ0n) is 8.61. The average molecular weight is 297 g/mol. The molecule has 0 aliphatic heterocycles. The lowest BCUT2D eigenvalue weighted by Gasteiger charge is -2.16. The number of rotatable bonds is 3. The predicted molar refractivity (Wildman–Crippen MR) is 61.3 cm³/mol. The minimum absolute atomic E-state index is 0.0835. The van der Waals surface area contributed by atoms with Crippen LogP contribution in [0.5, 0.6) is 0 Å². The van der Waals surface area contributed by atoms with Gasteiger partial charge in [0.15, 0.2) is 0 Å². The van der Waals surface area contributed by atoms with Crippen molar-refractivity contribution in [2.24, 2.45) is 5.73 Å². The van der Waals surface area contributed by atoms with Crippen LogP contribution < -0.4 is 11.1 Å². The van der Waals surface area contributed by atoms with Crippen LogP contribution in [0.4, 0.5) is 18.9 Å². The van der Waals surface area contributed by atoms with Crippen molar-refractivity contribution >= 4 is 21.6 Å². The van der Waals surface area contributed by atoms with Crippen molar-refractivity contribution in [3.8, 4) is 0 Å². The van der Waals surface area contributed by atoms with Crippen molar-refractivity contribution in [1.82, 2.24) is 0 Å². The summed E-state index contributed by atoms with van der Waals surface area (Å²) < 4.78 is 37.9. The molecule has 90 valence electrons. The summed E-state index contributed by atoms with van der Waals surface area (Å²) in [6.07, 6.45) is -4.33. The predicted octanol–water partition coefficient (Wildman–Crippen LogP) is 3.23. The fourth-order valence-electron chi connectivity index (χ4n) is 1.14. The summed E-state index contributed by atoms with van der Waals surface area (Å²) in [5.74, 6) is 0. The minimum Gasteiger partial charge on any atom is -0.380 e. The van der Waals surface area contributed by atoms with Gasteiger partial charge in [0.05, 0.1) is 5.56 Å². The lowest BCUT2D eigenvalue weighted by molar-refractivity contribution is -0.137. The first-order valence-electron chi connectivity index (χ1n) is 4.68. The maximum absolute atomic E-state index is 12.5. The highest BCUT2D eigenvalue weighted by atomic mass is 79.9. The Kier molecular flexibility index (Phi) is 4.21. The van der Waals surface area contributed by atoms with E-state index in [1.807, 2.05) is 0 Å². The fraction of sp³-hybridized carbons (Fsp3) is 0.400. The molecule has 0 aliphatic carbocycles. The number of anilines is 1. The van der Waals surface area contributed by atoms with Crippen molar-refractivity contribution in [2.45, 2.75) is 19.1 Å². The summed E-state index contributed by atoms with van der Waals surface area (Å²) in [5.41, 5.74) is 5.11. The zero-order valence-corrected chi connectivity index (χ0v) is 10.2. The first-order chi connectivity index (χ1) is 7.34. The lowest BCUT2D eigenvalue weighted by atomic mass is 10.2. The number of nitrogens with one attached hydrogen (secondary N) is 1. The van der Waals surface area contributed by atoms with Crippen LogP contribution in [-0.2, 0) is 6.18 Å². The first-order valence-corrected chi connectivity index (χ1v) is 5.47. The average Bonchev–Trinajstić information content (AvgIpc) is 2.19. The summed E-state index contributed by atoms with van der Waals surface area (Å²) in [6, 6.07) is 3.38. The van der Waals surface area contributed by atoms with E-state index in [0.29, 0.717) is 16.7 Å². The highest BCUT2D eigenvalue weighted by molar-refractivity contribution is 9.10. The van der Waals surface area contributed by atoms with Gasteiger partial charge in [0.25, 0.3) is 0 Å². The molecule has 0 aromatic heterocycles. The van der Waals surface area contributed by atoms with Crippen LogP contribution in [0.2, 0.25) is 0 Å². The Hall–Kier alpha value is -0.750. The van der Waals surface area contributed by atoms with Crippen molar-refractivity contribution in [3.63, 3.8) is 0 Å². The largest absolute Gasteiger partial charge is 0.416 e. The van der Waals surface area contributed by atoms with Crippen LogP contribution in [0, 0.1) is 0 Å². The molecular weight excluding hydrogens is 285 g/mol. The third kappa shape index (κ3) is 3.38. The van der Waals surface area contributed by atoms with Gasteiger partial charge in [-0.05, 0) is 41.1 Å². The van der Waals surface area contributed by atoms with E-state index in [-0.39, 0.29) is 6.04 Å². The van der Waals surface area contributed by atoms with Crippen molar-refractivity contribution in [1.29, 1.82) is 0 Å². The molecule has 1 atom stereocenters. The molecule has 0 bridgehead atoms. The van der Waals surface area contributed by atoms with Gasteiger partial charge in [0, 0.05) is 22.7 Å². The van der Waals surface area contributed by atoms with Gasteiger partial charge < -0.3 is 11.1 Å². The number of hydrogen-bond acceptors (Lipinski definition) is 2. The molecule has 0 radical (unpaired) electrons. The molecule has 6 heteroatoms. The number of nitrogens with two attached hydrogens (primary N) is 1. The van der Waals surface area contributed by atoms with E-state index in [4.69, 9.17) is 5.73 Å². The van der Waals surface area contributed by atoms with Gasteiger partial charge in [-0.1, -0.05) is 0 Å². The molecule has 0 saturated heterocycles. The third-order valence-corrected chi connectivity index (χ3v) is 2.74. The molecule has 0 fully saturated rings. The molecule has 1 unspecified atom stereocenters. The Morgan fingerprint density at radius 1 is 1.44 bits per heavy atom. The second-order valence-electron chi connectivity index (χ2n) is 3.47. The number of hydrogen-bond donors (Lipinski definition) is 2. The Morgan fingerprint density at radius 3 is 2.56 bits per heavy atom. The molecule has 0 aliphatic rings. The summed E-state index contributed by atoms with van der Waals surface area (Å²) in [5, 5.41) is 2.90. The van der Waals surface area contributed by atoms with Crippen LogP contribution in [0.1, 0.15) is 12.5 Å². The van der Waals surface area contributed by atoms with Crippen LogP contribution in [0.25, 0.3) is 0 Å². The topological polar surface area (TPSA) is 38.0 Å². The summed E-state index contributed by atoms with van der Waals surface area (Å²) >= 11 is 3.18. The van der Waals surface area contributed by atoms with Gasteiger partial charge >= 0.3 is 6.18 Å². The first kappa shape index (κ1) is 13.3. The summed E-state index contributed by atoms with van der Waals surface area (Å²) in [4.78, 5) is 0. The van der Waals surface area contributed by atoms with E-state index in [2.05, 4.69) is 21.2 Å². The van der Waals surface area contributed by atoms with Crippen molar-refractivity contribution in [2.75, 3.05) is 11.9 Å². The highest BCUT2D eigenvalue weighted by Gasteiger charge is 2.30. The molecule has 1 aromatic rings. The van der Waals surface area contributed by atoms with Crippen LogP contribution >= 0.6 is 15.9 Å². The number of benzene rings is 1. The molecule has 1 rings (SSSR count). The molecule has 0 heterocycles. The van der Waals surface area contributed by atoms with Gasteiger partial charge in [-0.15, -0.1) is 0 Å². The van der Waals surface area contributed by atoms with E-state index in [1.165, 1.54) is 6.07 Å². The summed E-state index contributed by atoms with van der Waals surface area (Å²) in [7, 11) is 0. The third-order valence-electron chi connectivity index (χ3n) is 2.05. The Labute approximate surface area is 100 Å². The lowest BCUT2D eigenvalue weighted by Crippen LogP contribution is -2.25. The second-order valence-corrected chi connectivity index (χ2v) is 4.33. The summed E-state index contributed by atoms with van der Waals surface area (Å²) in [6.45, 7) is 2.15. The molecule has 3 N–H and O–H groups in total. The van der Waals surface area contributed by atoms with E-state index in [1.54, 1.807) is 6.92 Å². The fourth-order valence-corrected chi connectivity index (χ4v) is 1.50. The van der Waals surface area contributed by atoms with E-state index in [9.17, 15) is 13.2 Å². The molecule has 0 saturated carbocycles. The van der Waals surface area contributed by atoms with Gasteiger partial charge in [0.1, 0.15) is 0 Å². The van der Waals surface area contributed by atoms with Gasteiger partial charge in [-0.2, -0.15) is 13.2 Å². The maximum Gasteiger partial charge on any atom is 0.416 e. The van der Waals surface area contributed by atoms with Crippen molar-refractivity contribution in [3.05, 3.63) is 28.2 Å². The van der Waals surface area contributed by atoms with Gasteiger partial charge in [0.2, 0.25) is 0 Å². The molecule has 1 aromatic carbocycles. The molecule has 0 spiro atoms. The normalized spacial score (nSPS) is 13.6. The number of halogens is 4. The Bertz CT molecular complexity index is 366. The monoisotopic (exact) mass is 296 g/mol. The SMILES string of the molecule is CC(CN)Nc1cc(C(F)(F)F)ccc1Br. The molecule has 16 heavy (non-hydrogen) atoms. The maximum atomic E-state index is 12.5. The van der Waals surface area contributed by atoms with Crippen LogP contribution in [0.3, 0.4) is 0 Å². The quantitative estimate of drug-likeness (QED) is 0.899. The van der Waals surface area contributed by atoms with Crippen LogP contribution in [-0.4, -0.2) is 12.6 Å². The van der Waals surface area contributed by atoms with Gasteiger partial charge in [-0.25, -0.2) is 0 Å². The smallest absolute Gasteiger partial charge is 0.380 e. The number of alkyl halides is 3.